The number of nitrogens with one attached hydrogen (secondary N) is 1. The Morgan fingerprint density at radius 2 is 1.88 bits per heavy atom. The molecule has 0 saturated heterocycles. The van der Waals surface area contributed by atoms with E-state index in [1.165, 1.54) is 25.7 Å². The molecule has 0 spiro atoms. The van der Waals surface area contributed by atoms with Crippen molar-refractivity contribution in [3.63, 3.8) is 0 Å². The molecule has 1 rings (SSSR count). The van der Waals surface area contributed by atoms with Gasteiger partial charge in [-0.25, -0.2) is 0 Å². The second-order valence-electron chi connectivity index (χ2n) is 4.34. The summed E-state index contributed by atoms with van der Waals surface area (Å²) < 4.78 is 0. The van der Waals surface area contributed by atoms with E-state index in [0.29, 0.717) is 0 Å². The van der Waals surface area contributed by atoms with E-state index in [2.05, 4.69) is 18.8 Å². The van der Waals surface area contributed by atoms with Gasteiger partial charge in [-0.2, -0.15) is 0 Å². The van der Waals surface area contributed by atoms with Gasteiger partial charge in [0.25, 0.3) is 0 Å². The summed E-state index contributed by atoms with van der Waals surface area (Å²) >= 11 is 0. The third-order valence-corrected chi connectivity index (χ3v) is 2.85. The lowest BCUT2D eigenvalue weighted by molar-refractivity contribution is 0.473. The molecule has 2 nitrogen and oxygen atoms in total. The Labute approximate surface area is 104 Å². The molecule has 0 saturated carbocycles. The zero-order valence-corrected chi connectivity index (χ0v) is 10.7. The van der Waals surface area contributed by atoms with Crippen molar-refractivity contribution in [3.8, 4) is 5.75 Å². The summed E-state index contributed by atoms with van der Waals surface area (Å²) in [7, 11) is 0. The summed E-state index contributed by atoms with van der Waals surface area (Å²) in [5.74, 6) is 0.288. The first-order valence-corrected chi connectivity index (χ1v) is 6.47. The number of aromatic hydroxyl groups is 1. The van der Waals surface area contributed by atoms with Gasteiger partial charge in [-0.3, -0.25) is 0 Å². The molecule has 0 atom stereocenters. The van der Waals surface area contributed by atoms with Crippen molar-refractivity contribution >= 4 is 5.70 Å². The van der Waals surface area contributed by atoms with Gasteiger partial charge in [0.2, 0.25) is 0 Å². The van der Waals surface area contributed by atoms with Gasteiger partial charge < -0.3 is 10.4 Å². The van der Waals surface area contributed by atoms with Crippen LogP contribution in [0.15, 0.2) is 30.8 Å². The molecule has 0 amide bonds. The Morgan fingerprint density at radius 1 is 1.18 bits per heavy atom. The molecule has 0 aliphatic rings. The van der Waals surface area contributed by atoms with Crippen LogP contribution in [-0.2, 0) is 0 Å². The lowest BCUT2D eigenvalue weighted by Crippen LogP contribution is -2.12. The lowest BCUT2D eigenvalue weighted by Gasteiger charge is -2.10. The molecule has 0 unspecified atom stereocenters. The number of rotatable bonds is 8. The van der Waals surface area contributed by atoms with Crippen LogP contribution in [0.4, 0.5) is 0 Å². The fraction of sp³-hybridized carbons (Fsp3) is 0.467. The number of benzene rings is 1. The van der Waals surface area contributed by atoms with E-state index in [1.54, 1.807) is 6.07 Å². The average Bonchev–Trinajstić information content (AvgIpc) is 2.34. The molecule has 1 aromatic rings. The van der Waals surface area contributed by atoms with Crippen molar-refractivity contribution in [2.75, 3.05) is 6.54 Å². The Balaban J connectivity index is 2.24. The van der Waals surface area contributed by atoms with Crippen LogP contribution in [0.25, 0.3) is 5.70 Å². The van der Waals surface area contributed by atoms with Crippen molar-refractivity contribution in [3.05, 3.63) is 36.4 Å². The zero-order chi connectivity index (χ0) is 12.5. The molecule has 2 heteroatoms. The smallest absolute Gasteiger partial charge is 0.124 e. The van der Waals surface area contributed by atoms with Gasteiger partial charge in [0.15, 0.2) is 0 Å². The minimum atomic E-state index is 0.288. The van der Waals surface area contributed by atoms with Gasteiger partial charge in [0.05, 0.1) is 0 Å². The molecule has 0 aliphatic carbocycles. The minimum absolute atomic E-state index is 0.288. The third-order valence-electron chi connectivity index (χ3n) is 2.85. The first kappa shape index (κ1) is 13.6. The molecular formula is C15H23NO. The summed E-state index contributed by atoms with van der Waals surface area (Å²) in [5, 5.41) is 12.9. The number of phenolic OH excluding ortho intramolecular Hbond substituents is 1. The number of unbranched alkanes of at least 4 members (excludes halogenated alkanes) is 4. The molecule has 17 heavy (non-hydrogen) atoms. The number of para-hydroxylation sites is 1. The van der Waals surface area contributed by atoms with Crippen molar-refractivity contribution in [2.24, 2.45) is 0 Å². The third kappa shape index (κ3) is 4.94. The predicted molar refractivity (Wildman–Crippen MR) is 73.9 cm³/mol. The highest BCUT2D eigenvalue weighted by Gasteiger charge is 2.02. The van der Waals surface area contributed by atoms with Gasteiger partial charge in [0, 0.05) is 17.8 Å². The zero-order valence-electron chi connectivity index (χ0n) is 10.7. The van der Waals surface area contributed by atoms with Crippen LogP contribution in [-0.4, -0.2) is 11.7 Å². The van der Waals surface area contributed by atoms with Crippen LogP contribution in [0.5, 0.6) is 5.75 Å². The number of phenols is 1. The van der Waals surface area contributed by atoms with E-state index in [0.717, 1.165) is 24.2 Å². The number of hydrogen-bond acceptors (Lipinski definition) is 2. The van der Waals surface area contributed by atoms with E-state index in [-0.39, 0.29) is 5.75 Å². The van der Waals surface area contributed by atoms with E-state index in [1.807, 2.05) is 18.2 Å². The Kier molecular flexibility index (Phi) is 6.23. The average molecular weight is 233 g/mol. The Morgan fingerprint density at radius 3 is 2.59 bits per heavy atom. The van der Waals surface area contributed by atoms with Crippen molar-refractivity contribution in [1.29, 1.82) is 0 Å². The van der Waals surface area contributed by atoms with E-state index in [4.69, 9.17) is 0 Å². The summed E-state index contributed by atoms with van der Waals surface area (Å²) in [6, 6.07) is 7.28. The molecule has 0 aliphatic heterocycles. The normalized spacial score (nSPS) is 10.2. The van der Waals surface area contributed by atoms with E-state index < -0.39 is 0 Å². The lowest BCUT2D eigenvalue weighted by atomic mass is 10.1. The van der Waals surface area contributed by atoms with Crippen molar-refractivity contribution in [2.45, 2.75) is 39.0 Å². The Bertz CT molecular complexity index is 347. The van der Waals surface area contributed by atoms with Crippen LogP contribution < -0.4 is 5.32 Å². The molecule has 0 heterocycles. The topological polar surface area (TPSA) is 32.3 Å². The van der Waals surface area contributed by atoms with Gasteiger partial charge in [-0.1, -0.05) is 51.3 Å². The molecular weight excluding hydrogens is 210 g/mol. The summed E-state index contributed by atoms with van der Waals surface area (Å²) in [5.41, 5.74) is 1.60. The quantitative estimate of drug-likeness (QED) is 0.667. The highest BCUT2D eigenvalue weighted by molar-refractivity contribution is 5.66. The monoisotopic (exact) mass is 233 g/mol. The van der Waals surface area contributed by atoms with Gasteiger partial charge in [-0.15, -0.1) is 0 Å². The summed E-state index contributed by atoms with van der Waals surface area (Å²) in [6.07, 6.45) is 6.32. The molecule has 0 fully saturated rings. The SMILES string of the molecule is C=C(NCCCCCCC)c1ccccc1O. The van der Waals surface area contributed by atoms with Gasteiger partial charge in [0.1, 0.15) is 5.75 Å². The molecule has 0 bridgehead atoms. The first-order chi connectivity index (χ1) is 8.25. The first-order valence-electron chi connectivity index (χ1n) is 6.47. The van der Waals surface area contributed by atoms with Crippen LogP contribution >= 0.6 is 0 Å². The second-order valence-corrected chi connectivity index (χ2v) is 4.34. The minimum Gasteiger partial charge on any atom is -0.507 e. The largest absolute Gasteiger partial charge is 0.507 e. The maximum atomic E-state index is 9.65. The highest BCUT2D eigenvalue weighted by Crippen LogP contribution is 2.21. The van der Waals surface area contributed by atoms with E-state index >= 15 is 0 Å². The number of hydrogen-bond donors (Lipinski definition) is 2. The fourth-order valence-electron chi connectivity index (χ4n) is 1.79. The van der Waals surface area contributed by atoms with Crippen LogP contribution in [0.2, 0.25) is 0 Å². The molecule has 2 N–H and O–H groups in total. The molecule has 1 aromatic carbocycles. The Hall–Kier alpha value is -1.44. The fourth-order valence-corrected chi connectivity index (χ4v) is 1.79. The second kappa shape index (κ2) is 7.77. The molecule has 0 aromatic heterocycles. The van der Waals surface area contributed by atoms with Crippen LogP contribution in [0, 0.1) is 0 Å². The molecule has 0 radical (unpaired) electrons. The summed E-state index contributed by atoms with van der Waals surface area (Å²) in [4.78, 5) is 0. The van der Waals surface area contributed by atoms with Crippen LogP contribution in [0.1, 0.15) is 44.6 Å². The van der Waals surface area contributed by atoms with Crippen LogP contribution in [0.3, 0.4) is 0 Å². The van der Waals surface area contributed by atoms with Crippen molar-refractivity contribution in [1.82, 2.24) is 5.32 Å². The molecule has 94 valence electrons. The maximum Gasteiger partial charge on any atom is 0.124 e. The predicted octanol–water partition coefficient (Wildman–Crippen LogP) is 3.92. The standard InChI is InChI=1S/C15H23NO/c1-3-4-5-6-9-12-16-13(2)14-10-7-8-11-15(14)17/h7-8,10-11,16-17H,2-6,9,12H2,1H3. The maximum absolute atomic E-state index is 9.65. The van der Waals surface area contributed by atoms with E-state index in [9.17, 15) is 5.11 Å². The van der Waals surface area contributed by atoms with Gasteiger partial charge >= 0.3 is 0 Å². The van der Waals surface area contributed by atoms with Crippen molar-refractivity contribution < 1.29 is 5.11 Å². The van der Waals surface area contributed by atoms with Gasteiger partial charge in [-0.05, 0) is 18.6 Å². The summed E-state index contributed by atoms with van der Waals surface area (Å²) in [6.45, 7) is 7.10. The highest BCUT2D eigenvalue weighted by atomic mass is 16.3.